The van der Waals surface area contributed by atoms with Gasteiger partial charge in [0.25, 0.3) is 0 Å². The van der Waals surface area contributed by atoms with Crippen molar-refractivity contribution >= 4 is 41.9 Å². The number of benzene rings is 3. The Bertz CT molecular complexity index is 1800. The van der Waals surface area contributed by atoms with Crippen molar-refractivity contribution in [2.24, 2.45) is 4.99 Å². The Morgan fingerprint density at radius 3 is 2.12 bits per heavy atom. The minimum Gasteiger partial charge on any atom is -0.508 e. The topological polar surface area (TPSA) is 37.5 Å². The molecule has 0 unspecified atom stereocenters. The number of phenols is 1. The molecular weight excluding hydrogens is 560 g/mol. The maximum Gasteiger partial charge on any atom is 0.678 e. The molecule has 0 fully saturated rings. The SMILES string of the molecule is Oc1cc(Cl)c(/C(=C2\C=C3CCCc4ccccc4C3=N2)c2cc3c(n2B(F)F)-c2ccccc2CCC3)c(Cl)c1. The summed E-state index contributed by atoms with van der Waals surface area (Å²) in [5, 5.41) is 10.5. The number of aryl methyl sites for hydroxylation is 3. The van der Waals surface area contributed by atoms with Crippen molar-refractivity contribution in [1.82, 2.24) is 4.48 Å². The fraction of sp³-hybridized carbons (Fsp3) is 0.182. The molecular formula is C33H25BCl2F2N2O. The smallest absolute Gasteiger partial charge is 0.508 e. The zero-order chi connectivity index (χ0) is 28.2. The second kappa shape index (κ2) is 10.3. The summed E-state index contributed by atoms with van der Waals surface area (Å²) in [5.74, 6) is -0.0998. The third-order valence-corrected chi connectivity index (χ3v) is 8.87. The molecule has 0 bridgehead atoms. The van der Waals surface area contributed by atoms with E-state index in [1.165, 1.54) is 17.7 Å². The molecule has 2 heterocycles. The zero-order valence-corrected chi connectivity index (χ0v) is 23.6. The van der Waals surface area contributed by atoms with Crippen molar-refractivity contribution in [3.63, 3.8) is 0 Å². The molecule has 204 valence electrons. The molecule has 1 aliphatic heterocycles. The van der Waals surface area contributed by atoms with Crippen LogP contribution in [0.5, 0.6) is 5.75 Å². The van der Waals surface area contributed by atoms with Gasteiger partial charge in [0.05, 0.1) is 21.5 Å². The number of hydrogen-bond donors (Lipinski definition) is 1. The minimum atomic E-state index is -2.82. The maximum absolute atomic E-state index is 15.2. The lowest BCUT2D eigenvalue weighted by atomic mass is 9.96. The van der Waals surface area contributed by atoms with E-state index < -0.39 is 7.40 Å². The predicted octanol–water partition coefficient (Wildman–Crippen LogP) is 8.95. The number of nitrogens with zero attached hydrogens (tertiary/aromatic N) is 2. The first kappa shape index (κ1) is 26.3. The summed E-state index contributed by atoms with van der Waals surface area (Å²) < 4.78 is 31.6. The van der Waals surface area contributed by atoms with Crippen molar-refractivity contribution < 1.29 is 13.7 Å². The Morgan fingerprint density at radius 2 is 1.41 bits per heavy atom. The molecule has 7 rings (SSSR count). The van der Waals surface area contributed by atoms with Crippen LogP contribution in [-0.2, 0) is 19.3 Å². The quantitative estimate of drug-likeness (QED) is 0.240. The Kier molecular flexibility index (Phi) is 6.64. The highest BCUT2D eigenvalue weighted by Gasteiger charge is 2.34. The first-order valence-corrected chi connectivity index (χ1v) is 14.6. The first-order valence-electron chi connectivity index (χ1n) is 13.8. The van der Waals surface area contributed by atoms with E-state index >= 15 is 8.63 Å². The summed E-state index contributed by atoms with van der Waals surface area (Å²) in [5.41, 5.74) is 9.07. The van der Waals surface area contributed by atoms with Crippen LogP contribution in [0.25, 0.3) is 16.8 Å². The number of hydrogen-bond acceptors (Lipinski definition) is 2. The number of allylic oxidation sites excluding steroid dienone is 2. The number of halogens is 4. The lowest BCUT2D eigenvalue weighted by Crippen LogP contribution is -2.18. The standard InChI is InChI=1S/C33H25BCl2F2N2O/c35-26-17-23(41)18-27(36)30(26)31(28-15-21-11-5-9-19-7-1-3-13-24(19)32(21)39-28)29-16-22-12-6-10-20-8-2-4-14-25(20)33(22)40(29)34(37)38/h1-4,7-8,13-18,41H,5-6,9-12H2/b31-28+. The van der Waals surface area contributed by atoms with Crippen LogP contribution in [0, 0.1) is 0 Å². The normalized spacial score (nSPS) is 16.9. The largest absolute Gasteiger partial charge is 0.678 e. The monoisotopic (exact) mass is 584 g/mol. The number of rotatable bonds is 3. The predicted molar refractivity (Wildman–Crippen MR) is 163 cm³/mol. The van der Waals surface area contributed by atoms with Crippen molar-refractivity contribution in [3.05, 3.63) is 128 Å². The Balaban J connectivity index is 1.57. The van der Waals surface area contributed by atoms with Gasteiger partial charge in [-0.25, -0.2) is 4.99 Å². The highest BCUT2D eigenvalue weighted by molar-refractivity contribution is 6.43. The van der Waals surface area contributed by atoms with Gasteiger partial charge in [0.1, 0.15) is 5.75 Å². The van der Waals surface area contributed by atoms with E-state index in [-0.39, 0.29) is 15.8 Å². The van der Waals surface area contributed by atoms with Gasteiger partial charge in [-0.15, -0.1) is 0 Å². The van der Waals surface area contributed by atoms with Gasteiger partial charge in [-0.1, -0.05) is 71.7 Å². The lowest BCUT2D eigenvalue weighted by Gasteiger charge is -2.18. The Labute approximate surface area is 247 Å². The summed E-state index contributed by atoms with van der Waals surface area (Å²) in [6.45, 7) is 0. The van der Waals surface area contributed by atoms with Gasteiger partial charge < -0.3 is 9.58 Å². The van der Waals surface area contributed by atoms with Crippen LogP contribution >= 0.6 is 23.2 Å². The minimum absolute atomic E-state index is 0.0998. The highest BCUT2D eigenvalue weighted by atomic mass is 35.5. The van der Waals surface area contributed by atoms with Gasteiger partial charge in [0.2, 0.25) is 0 Å². The second-order valence-corrected chi connectivity index (χ2v) is 11.6. The van der Waals surface area contributed by atoms with Crippen molar-refractivity contribution in [2.75, 3.05) is 0 Å². The number of aromatic hydroxyl groups is 1. The lowest BCUT2D eigenvalue weighted by molar-refractivity contribution is 0.475. The molecule has 0 saturated heterocycles. The second-order valence-electron chi connectivity index (χ2n) is 10.7. The third kappa shape index (κ3) is 4.45. The molecule has 1 N–H and O–H groups in total. The molecule has 3 nitrogen and oxygen atoms in total. The summed E-state index contributed by atoms with van der Waals surface area (Å²) in [6.07, 6.45) is 7.07. The van der Waals surface area contributed by atoms with Gasteiger partial charge in [-0.2, -0.15) is 0 Å². The average molecular weight is 585 g/mol. The van der Waals surface area contributed by atoms with Crippen LogP contribution in [-0.4, -0.2) is 22.7 Å². The summed E-state index contributed by atoms with van der Waals surface area (Å²) in [7, 11) is -2.82. The molecule has 0 amide bonds. The van der Waals surface area contributed by atoms with Gasteiger partial charge in [0.15, 0.2) is 0 Å². The van der Waals surface area contributed by atoms with Crippen molar-refractivity contribution in [1.29, 1.82) is 0 Å². The van der Waals surface area contributed by atoms with E-state index in [1.807, 2.05) is 48.5 Å². The maximum atomic E-state index is 15.2. The molecule has 3 aliphatic rings. The molecule has 41 heavy (non-hydrogen) atoms. The molecule has 0 atom stereocenters. The summed E-state index contributed by atoms with van der Waals surface area (Å²) >= 11 is 13.5. The number of phenolic OH excluding ortho intramolecular Hbond substituents is 1. The van der Waals surface area contributed by atoms with E-state index in [1.54, 1.807) is 0 Å². The molecule has 3 aromatic carbocycles. The fourth-order valence-corrected chi connectivity index (χ4v) is 7.20. The number of aliphatic imine (C=N–C) groups is 1. The fourth-order valence-electron chi connectivity index (χ4n) is 6.54. The van der Waals surface area contributed by atoms with Crippen molar-refractivity contribution in [3.8, 4) is 17.0 Å². The Hall–Kier alpha value is -3.61. The van der Waals surface area contributed by atoms with E-state index in [0.717, 1.165) is 70.1 Å². The summed E-state index contributed by atoms with van der Waals surface area (Å²) in [6, 6.07) is 20.6. The molecule has 4 aromatic rings. The summed E-state index contributed by atoms with van der Waals surface area (Å²) in [4.78, 5) is 5.10. The number of aromatic nitrogens is 1. The van der Waals surface area contributed by atoms with Crippen molar-refractivity contribution in [2.45, 2.75) is 38.5 Å². The molecule has 1 aromatic heterocycles. The third-order valence-electron chi connectivity index (χ3n) is 8.28. The van der Waals surface area contributed by atoms with Gasteiger partial charge in [0, 0.05) is 33.7 Å². The molecule has 0 radical (unpaired) electrons. The molecule has 8 heteroatoms. The first-order chi connectivity index (χ1) is 19.9. The van der Waals surface area contributed by atoms with E-state index in [9.17, 15) is 5.11 Å². The number of fused-ring (bicyclic) bond motifs is 6. The van der Waals surface area contributed by atoms with E-state index in [2.05, 4.69) is 12.1 Å². The van der Waals surface area contributed by atoms with Crippen LogP contribution in [0.15, 0.2) is 89.1 Å². The van der Waals surface area contributed by atoms with Crippen LogP contribution in [0.4, 0.5) is 8.63 Å². The molecule has 0 saturated carbocycles. The van der Waals surface area contributed by atoms with Gasteiger partial charge >= 0.3 is 7.40 Å². The van der Waals surface area contributed by atoms with Crippen LogP contribution < -0.4 is 0 Å². The van der Waals surface area contributed by atoms with E-state index in [0.29, 0.717) is 34.6 Å². The van der Waals surface area contributed by atoms with Gasteiger partial charge in [-0.3, -0.25) is 8.63 Å². The Morgan fingerprint density at radius 1 is 0.805 bits per heavy atom. The zero-order valence-electron chi connectivity index (χ0n) is 22.1. The molecule has 2 aliphatic carbocycles. The van der Waals surface area contributed by atoms with E-state index in [4.69, 9.17) is 28.2 Å². The van der Waals surface area contributed by atoms with Gasteiger partial charge in [-0.05, 0) is 85.1 Å². The van der Waals surface area contributed by atoms with Crippen LogP contribution in [0.3, 0.4) is 0 Å². The van der Waals surface area contributed by atoms with Crippen LogP contribution in [0.1, 0.15) is 52.8 Å². The highest BCUT2D eigenvalue weighted by Crippen LogP contribution is 2.46. The molecule has 0 spiro atoms. The van der Waals surface area contributed by atoms with Crippen LogP contribution in [0.2, 0.25) is 10.0 Å². The average Bonchev–Trinajstić information content (AvgIpc) is 3.42.